The van der Waals surface area contributed by atoms with Crippen LogP contribution >= 0.6 is 15.9 Å². The van der Waals surface area contributed by atoms with Crippen LogP contribution in [0.3, 0.4) is 0 Å². The van der Waals surface area contributed by atoms with Gasteiger partial charge in [0.2, 0.25) is 0 Å². The molecular weight excluding hydrogens is 343 g/mol. The monoisotopic (exact) mass is 349 g/mol. The molecule has 1 aromatic carbocycles. The number of alkyl halides is 3. The molecule has 4 nitrogen and oxygen atoms in total. The van der Waals surface area contributed by atoms with Gasteiger partial charge < -0.3 is 9.67 Å². The second-order valence-corrected chi connectivity index (χ2v) is 4.99. The molecule has 0 atom stereocenters. The molecule has 1 N–H and O–H groups in total. The molecule has 0 aliphatic carbocycles. The van der Waals surface area contributed by atoms with E-state index in [4.69, 9.17) is 5.11 Å². The normalized spacial score (nSPS) is 11.8. The lowest BCUT2D eigenvalue weighted by molar-refractivity contribution is -0.0884. The first-order chi connectivity index (χ1) is 9.14. The summed E-state index contributed by atoms with van der Waals surface area (Å²) in [4.78, 5) is 22.7. The number of fused-ring (bicyclic) bond motifs is 1. The van der Waals surface area contributed by atoms with Crippen molar-refractivity contribution in [3.8, 4) is 0 Å². The summed E-state index contributed by atoms with van der Waals surface area (Å²) >= 11 is 3.09. The van der Waals surface area contributed by atoms with Crippen LogP contribution < -0.4 is 0 Å². The highest BCUT2D eigenvalue weighted by Gasteiger charge is 2.43. The number of benzene rings is 1. The van der Waals surface area contributed by atoms with E-state index < -0.39 is 29.2 Å². The van der Waals surface area contributed by atoms with Gasteiger partial charge in [0.25, 0.3) is 5.78 Å². The largest absolute Gasteiger partial charge is 0.477 e. The maximum absolute atomic E-state index is 12.7. The molecule has 0 aliphatic heterocycles. The Morgan fingerprint density at radius 2 is 1.90 bits per heavy atom. The van der Waals surface area contributed by atoms with Crippen molar-refractivity contribution in [3.63, 3.8) is 0 Å². The average molecular weight is 350 g/mol. The predicted molar refractivity (Wildman–Crippen MR) is 68.0 cm³/mol. The third-order valence-corrected chi connectivity index (χ3v) is 3.34. The van der Waals surface area contributed by atoms with Crippen LogP contribution in [0.4, 0.5) is 13.2 Å². The van der Waals surface area contributed by atoms with Crippen LogP contribution in [0, 0.1) is 0 Å². The SMILES string of the molecule is Cn1c(C(=O)O)c(C(=O)C(F)(F)F)c2cc(Br)ccc21. The molecule has 0 radical (unpaired) electrons. The van der Waals surface area contributed by atoms with E-state index >= 15 is 0 Å². The smallest absolute Gasteiger partial charge is 0.454 e. The molecule has 0 aliphatic rings. The fraction of sp³-hybridized carbons (Fsp3) is 0.167. The number of carboxylic acids is 1. The van der Waals surface area contributed by atoms with E-state index in [-0.39, 0.29) is 10.9 Å². The zero-order chi connectivity index (χ0) is 15.2. The van der Waals surface area contributed by atoms with Crippen LogP contribution in [-0.2, 0) is 7.05 Å². The Hall–Kier alpha value is -1.83. The Bertz CT molecular complexity index is 734. The number of ketones is 1. The fourth-order valence-corrected chi connectivity index (χ4v) is 2.40. The maximum atomic E-state index is 12.7. The molecular formula is C12H7BrF3NO3. The van der Waals surface area contributed by atoms with E-state index in [9.17, 15) is 22.8 Å². The number of aromatic nitrogens is 1. The number of carboxylic acid groups (broad SMARTS) is 1. The van der Waals surface area contributed by atoms with E-state index in [0.717, 1.165) is 4.57 Å². The van der Waals surface area contributed by atoms with Gasteiger partial charge in [-0.05, 0) is 18.2 Å². The Labute approximate surface area is 118 Å². The van der Waals surface area contributed by atoms with Crippen molar-refractivity contribution < 1.29 is 27.9 Å². The molecule has 0 bridgehead atoms. The third kappa shape index (κ3) is 2.20. The second-order valence-electron chi connectivity index (χ2n) is 4.08. The Balaban J connectivity index is 2.92. The molecule has 1 aromatic heterocycles. The van der Waals surface area contributed by atoms with Crippen LogP contribution in [-0.4, -0.2) is 27.6 Å². The number of rotatable bonds is 2. The van der Waals surface area contributed by atoms with Gasteiger partial charge in [-0.15, -0.1) is 0 Å². The van der Waals surface area contributed by atoms with Crippen molar-refractivity contribution in [1.29, 1.82) is 0 Å². The topological polar surface area (TPSA) is 59.3 Å². The molecule has 0 saturated carbocycles. The summed E-state index contributed by atoms with van der Waals surface area (Å²) in [5.41, 5.74) is -1.29. The maximum Gasteiger partial charge on any atom is 0.454 e. The van der Waals surface area contributed by atoms with Gasteiger partial charge in [-0.2, -0.15) is 13.2 Å². The number of aromatic carboxylic acids is 1. The number of carbonyl (C=O) groups is 2. The summed E-state index contributed by atoms with van der Waals surface area (Å²) in [5.74, 6) is -3.76. The zero-order valence-electron chi connectivity index (χ0n) is 9.95. The van der Waals surface area contributed by atoms with Crippen molar-refractivity contribution in [2.24, 2.45) is 7.05 Å². The predicted octanol–water partition coefficient (Wildman–Crippen LogP) is 3.38. The van der Waals surface area contributed by atoms with Crippen molar-refractivity contribution >= 4 is 38.6 Å². The Morgan fingerprint density at radius 3 is 2.40 bits per heavy atom. The van der Waals surface area contributed by atoms with Gasteiger partial charge in [-0.1, -0.05) is 15.9 Å². The number of hydrogen-bond donors (Lipinski definition) is 1. The van der Waals surface area contributed by atoms with Crippen molar-refractivity contribution in [3.05, 3.63) is 33.9 Å². The van der Waals surface area contributed by atoms with Gasteiger partial charge in [0.15, 0.2) is 0 Å². The van der Waals surface area contributed by atoms with Gasteiger partial charge in [0.05, 0.1) is 5.56 Å². The van der Waals surface area contributed by atoms with Gasteiger partial charge in [0, 0.05) is 22.4 Å². The summed E-state index contributed by atoms with van der Waals surface area (Å²) in [6.07, 6.45) is -5.14. The second kappa shape index (κ2) is 4.62. The summed E-state index contributed by atoms with van der Waals surface area (Å²) in [5, 5.41) is 9.03. The molecule has 2 aromatic rings. The molecule has 0 spiro atoms. The molecule has 8 heteroatoms. The van der Waals surface area contributed by atoms with Gasteiger partial charge >= 0.3 is 12.1 Å². The minimum atomic E-state index is -5.14. The number of carbonyl (C=O) groups excluding carboxylic acids is 1. The lowest BCUT2D eigenvalue weighted by atomic mass is 10.1. The van der Waals surface area contributed by atoms with E-state index in [1.165, 1.54) is 19.2 Å². The molecule has 0 amide bonds. The standard InChI is InChI=1S/C12H7BrF3NO3/c1-17-7-3-2-5(13)4-6(7)8(9(17)11(19)20)10(18)12(14,15)16/h2-4H,1H3,(H,19,20). The van der Waals surface area contributed by atoms with E-state index in [1.54, 1.807) is 6.07 Å². The van der Waals surface area contributed by atoms with Gasteiger partial charge in [-0.3, -0.25) is 4.79 Å². The number of nitrogens with zero attached hydrogens (tertiary/aromatic N) is 1. The highest BCUT2D eigenvalue weighted by atomic mass is 79.9. The summed E-state index contributed by atoms with van der Waals surface area (Å²) in [7, 11) is 1.30. The molecule has 2 rings (SSSR count). The van der Waals surface area contributed by atoms with E-state index in [2.05, 4.69) is 15.9 Å². The summed E-state index contributed by atoms with van der Waals surface area (Å²) < 4.78 is 39.5. The van der Waals surface area contributed by atoms with Crippen LogP contribution in [0.25, 0.3) is 10.9 Å². The molecule has 0 saturated heterocycles. The lowest BCUT2D eigenvalue weighted by Crippen LogP contribution is -2.25. The van der Waals surface area contributed by atoms with E-state index in [0.29, 0.717) is 4.47 Å². The van der Waals surface area contributed by atoms with Gasteiger partial charge in [0.1, 0.15) is 5.69 Å². The van der Waals surface area contributed by atoms with Crippen LogP contribution in [0.2, 0.25) is 0 Å². The van der Waals surface area contributed by atoms with Crippen molar-refractivity contribution in [2.75, 3.05) is 0 Å². The molecule has 1 heterocycles. The lowest BCUT2D eigenvalue weighted by Gasteiger charge is -2.06. The third-order valence-electron chi connectivity index (χ3n) is 2.85. The quantitative estimate of drug-likeness (QED) is 0.845. The van der Waals surface area contributed by atoms with Gasteiger partial charge in [-0.25, -0.2) is 4.79 Å². The van der Waals surface area contributed by atoms with Crippen LogP contribution in [0.1, 0.15) is 20.8 Å². The Morgan fingerprint density at radius 1 is 1.30 bits per heavy atom. The minimum absolute atomic E-state index is 0.0541. The first-order valence-corrected chi connectivity index (χ1v) is 6.06. The minimum Gasteiger partial charge on any atom is -0.477 e. The molecule has 0 fully saturated rings. The fourth-order valence-electron chi connectivity index (χ4n) is 2.04. The number of aryl methyl sites for hydroxylation is 1. The first kappa shape index (κ1) is 14.6. The van der Waals surface area contributed by atoms with Crippen LogP contribution in [0.15, 0.2) is 22.7 Å². The van der Waals surface area contributed by atoms with E-state index in [1.807, 2.05) is 0 Å². The molecule has 20 heavy (non-hydrogen) atoms. The average Bonchev–Trinajstić information content (AvgIpc) is 2.59. The first-order valence-electron chi connectivity index (χ1n) is 5.27. The van der Waals surface area contributed by atoms with Crippen molar-refractivity contribution in [1.82, 2.24) is 4.57 Å². The Kier molecular flexibility index (Phi) is 3.37. The number of hydrogen-bond acceptors (Lipinski definition) is 2. The zero-order valence-corrected chi connectivity index (χ0v) is 11.5. The molecule has 0 unspecified atom stereocenters. The summed E-state index contributed by atoms with van der Waals surface area (Å²) in [6.45, 7) is 0. The molecule has 106 valence electrons. The van der Waals surface area contributed by atoms with Crippen molar-refractivity contribution in [2.45, 2.75) is 6.18 Å². The highest BCUT2D eigenvalue weighted by molar-refractivity contribution is 9.10. The van der Waals surface area contributed by atoms with Crippen LogP contribution in [0.5, 0.6) is 0 Å². The number of Topliss-reactive ketones (excluding diaryl/α,β-unsaturated/α-hetero) is 1. The highest BCUT2D eigenvalue weighted by Crippen LogP contribution is 2.33. The number of halogens is 4. The summed E-state index contributed by atoms with van der Waals surface area (Å²) in [6, 6.07) is 4.29.